The number of aryl methyl sites for hydroxylation is 1. The number of benzene rings is 1. The third-order valence-electron chi connectivity index (χ3n) is 2.67. The zero-order valence-electron chi connectivity index (χ0n) is 10.7. The Labute approximate surface area is 115 Å². The third-order valence-corrected chi connectivity index (χ3v) is 3.09. The van der Waals surface area contributed by atoms with Crippen LogP contribution in [0.3, 0.4) is 0 Å². The Morgan fingerprint density at radius 1 is 1.47 bits per heavy atom. The standard InChI is InChI=1S/C12H14N4O2S/c1-15(8-10-11(17)18-14-16(10)2)12(19)13-9-6-4-3-5-7-9/h3-7H,8H2,1-2H3,(H-,13,14,17,19)/p+1. The number of nitrogens with zero attached hydrogens (tertiary/aromatic N) is 2. The van der Waals surface area contributed by atoms with E-state index in [0.29, 0.717) is 17.4 Å². The molecular weight excluding hydrogens is 264 g/mol. The zero-order valence-corrected chi connectivity index (χ0v) is 11.5. The lowest BCUT2D eigenvalue weighted by molar-refractivity contribution is -0.746. The van der Waals surface area contributed by atoms with Crippen molar-refractivity contribution in [1.29, 1.82) is 0 Å². The fraction of sp³-hybridized carbons (Fsp3) is 0.250. The summed E-state index contributed by atoms with van der Waals surface area (Å²) >= 11 is 5.28. The van der Waals surface area contributed by atoms with Crippen LogP contribution in [-0.2, 0) is 13.6 Å². The molecule has 0 amide bonds. The number of nitrogens with one attached hydrogen (secondary N) is 2. The van der Waals surface area contributed by atoms with Crippen molar-refractivity contribution >= 4 is 23.0 Å². The molecule has 19 heavy (non-hydrogen) atoms. The average molecular weight is 279 g/mol. The Kier molecular flexibility index (Phi) is 3.96. The zero-order chi connectivity index (χ0) is 13.8. The van der Waals surface area contributed by atoms with Gasteiger partial charge >= 0.3 is 11.3 Å². The molecule has 0 unspecified atom stereocenters. The van der Waals surface area contributed by atoms with Gasteiger partial charge in [0.2, 0.25) is 0 Å². The third kappa shape index (κ3) is 3.19. The van der Waals surface area contributed by atoms with Gasteiger partial charge in [-0.25, -0.2) is 4.79 Å². The van der Waals surface area contributed by atoms with Crippen molar-refractivity contribution in [3.05, 3.63) is 46.4 Å². The monoisotopic (exact) mass is 279 g/mol. The summed E-state index contributed by atoms with van der Waals surface area (Å²) in [6.07, 6.45) is 0. The van der Waals surface area contributed by atoms with Crippen LogP contribution >= 0.6 is 12.2 Å². The van der Waals surface area contributed by atoms with E-state index in [4.69, 9.17) is 12.2 Å². The van der Waals surface area contributed by atoms with Gasteiger partial charge in [-0.2, -0.15) is 0 Å². The minimum Gasteiger partial charge on any atom is -0.341 e. The first-order valence-corrected chi connectivity index (χ1v) is 6.12. The molecule has 0 aliphatic heterocycles. The van der Waals surface area contributed by atoms with E-state index in [0.717, 1.165) is 5.69 Å². The molecule has 2 rings (SSSR count). The SMILES string of the molecule is CN(Cc1c(=O)o[nH][n+]1C)C(=S)Nc1ccccc1. The molecule has 0 saturated carbocycles. The summed E-state index contributed by atoms with van der Waals surface area (Å²) in [5.74, 6) is 0. The first kappa shape index (κ1) is 13.3. The summed E-state index contributed by atoms with van der Waals surface area (Å²) in [4.78, 5) is 13.2. The number of anilines is 1. The van der Waals surface area contributed by atoms with Crippen LogP contribution in [0.25, 0.3) is 0 Å². The van der Waals surface area contributed by atoms with Gasteiger partial charge in [0.1, 0.15) is 6.54 Å². The maximum absolute atomic E-state index is 11.4. The highest BCUT2D eigenvalue weighted by Crippen LogP contribution is 2.06. The summed E-state index contributed by atoms with van der Waals surface area (Å²) in [5, 5.41) is 6.10. The normalized spacial score (nSPS) is 10.2. The van der Waals surface area contributed by atoms with E-state index < -0.39 is 5.63 Å². The van der Waals surface area contributed by atoms with Crippen LogP contribution in [0.5, 0.6) is 0 Å². The number of hydrogen-bond donors (Lipinski definition) is 2. The lowest BCUT2D eigenvalue weighted by Gasteiger charge is -2.18. The van der Waals surface area contributed by atoms with Crippen molar-refractivity contribution in [2.45, 2.75) is 6.54 Å². The van der Waals surface area contributed by atoms with E-state index in [-0.39, 0.29) is 0 Å². The minimum atomic E-state index is -0.392. The molecule has 2 aromatic rings. The molecule has 7 heteroatoms. The van der Waals surface area contributed by atoms with Crippen molar-refractivity contribution < 1.29 is 9.20 Å². The van der Waals surface area contributed by atoms with Gasteiger partial charge in [-0.05, 0) is 29.6 Å². The summed E-state index contributed by atoms with van der Waals surface area (Å²) in [5.41, 5.74) is 1.02. The molecule has 0 bridgehead atoms. The molecule has 0 saturated heterocycles. The van der Waals surface area contributed by atoms with Crippen molar-refractivity contribution in [2.24, 2.45) is 7.05 Å². The Balaban J connectivity index is 2.02. The van der Waals surface area contributed by atoms with Gasteiger partial charge in [0.05, 0.1) is 0 Å². The Morgan fingerprint density at radius 2 is 2.16 bits per heavy atom. The minimum absolute atomic E-state index is 0.362. The fourth-order valence-electron chi connectivity index (χ4n) is 1.57. The lowest BCUT2D eigenvalue weighted by Crippen LogP contribution is -2.41. The molecule has 0 radical (unpaired) electrons. The van der Waals surface area contributed by atoms with E-state index in [9.17, 15) is 4.79 Å². The number of thiocarbonyl (C=S) groups is 1. The van der Waals surface area contributed by atoms with Gasteiger partial charge in [0, 0.05) is 12.7 Å². The van der Waals surface area contributed by atoms with E-state index in [1.165, 1.54) is 4.68 Å². The molecule has 6 nitrogen and oxygen atoms in total. The molecule has 0 spiro atoms. The van der Waals surface area contributed by atoms with E-state index >= 15 is 0 Å². The van der Waals surface area contributed by atoms with Crippen LogP contribution in [0.4, 0.5) is 5.69 Å². The van der Waals surface area contributed by atoms with E-state index in [1.807, 2.05) is 37.4 Å². The van der Waals surface area contributed by atoms with Crippen LogP contribution in [0.1, 0.15) is 5.69 Å². The van der Waals surface area contributed by atoms with Crippen molar-refractivity contribution in [1.82, 2.24) is 10.2 Å². The van der Waals surface area contributed by atoms with Crippen LogP contribution in [0, 0.1) is 0 Å². The van der Waals surface area contributed by atoms with Gasteiger partial charge < -0.3 is 10.2 Å². The van der Waals surface area contributed by atoms with Crippen molar-refractivity contribution in [3.8, 4) is 0 Å². The second-order valence-electron chi connectivity index (χ2n) is 4.14. The summed E-state index contributed by atoms with van der Waals surface area (Å²) in [7, 11) is 3.52. The van der Waals surface area contributed by atoms with Gasteiger partial charge in [-0.1, -0.05) is 22.9 Å². The van der Waals surface area contributed by atoms with Crippen LogP contribution < -0.4 is 15.6 Å². The first-order valence-electron chi connectivity index (χ1n) is 5.71. The molecule has 0 aliphatic carbocycles. The number of aromatic amines is 1. The number of rotatable bonds is 3. The van der Waals surface area contributed by atoms with Crippen LogP contribution in [-0.4, -0.2) is 22.3 Å². The van der Waals surface area contributed by atoms with E-state index in [2.05, 4.69) is 15.1 Å². The predicted molar refractivity (Wildman–Crippen MR) is 74.6 cm³/mol. The molecule has 1 aromatic heterocycles. The Hall–Kier alpha value is -2.15. The highest BCUT2D eigenvalue weighted by atomic mass is 32.1. The van der Waals surface area contributed by atoms with Crippen LogP contribution in [0.15, 0.2) is 39.6 Å². The number of H-pyrrole nitrogens is 1. The van der Waals surface area contributed by atoms with Crippen molar-refractivity contribution in [2.75, 3.05) is 12.4 Å². The first-order chi connectivity index (χ1) is 9.08. The lowest BCUT2D eigenvalue weighted by atomic mass is 10.3. The van der Waals surface area contributed by atoms with Gasteiger partial charge in [-0.3, -0.25) is 4.52 Å². The van der Waals surface area contributed by atoms with Gasteiger partial charge in [-0.15, -0.1) is 0 Å². The number of aromatic nitrogens is 2. The molecule has 0 atom stereocenters. The maximum Gasteiger partial charge on any atom is 0.431 e. The average Bonchev–Trinajstić information content (AvgIpc) is 2.71. The summed E-state index contributed by atoms with van der Waals surface area (Å²) in [6, 6.07) is 9.62. The highest BCUT2D eigenvalue weighted by Gasteiger charge is 2.20. The molecule has 2 N–H and O–H groups in total. The predicted octanol–water partition coefficient (Wildman–Crippen LogP) is 0.621. The van der Waals surface area contributed by atoms with Crippen molar-refractivity contribution in [3.63, 3.8) is 0 Å². The topological polar surface area (TPSA) is 65.2 Å². The van der Waals surface area contributed by atoms with E-state index in [1.54, 1.807) is 11.9 Å². The highest BCUT2D eigenvalue weighted by molar-refractivity contribution is 7.80. The number of para-hydroxylation sites is 1. The molecule has 1 heterocycles. The molecule has 1 aromatic carbocycles. The summed E-state index contributed by atoms with van der Waals surface area (Å²) < 4.78 is 6.22. The van der Waals surface area contributed by atoms with Gasteiger partial charge in [0.25, 0.3) is 0 Å². The second-order valence-corrected chi connectivity index (χ2v) is 4.53. The molecular formula is C12H15N4O2S+. The quantitative estimate of drug-likeness (QED) is 0.637. The maximum atomic E-state index is 11.4. The number of hydrogen-bond acceptors (Lipinski definition) is 3. The molecule has 0 aliphatic rings. The Morgan fingerprint density at radius 3 is 2.74 bits per heavy atom. The second kappa shape index (κ2) is 5.66. The largest absolute Gasteiger partial charge is 0.431 e. The Bertz CT molecular complexity index is 620. The molecule has 100 valence electrons. The fourth-order valence-corrected chi connectivity index (χ4v) is 1.75. The van der Waals surface area contributed by atoms with Crippen LogP contribution in [0.2, 0.25) is 0 Å². The smallest absolute Gasteiger partial charge is 0.341 e. The summed E-state index contributed by atoms with van der Waals surface area (Å²) in [6.45, 7) is 0.362. The van der Waals surface area contributed by atoms with Gasteiger partial charge in [0.15, 0.2) is 12.2 Å². The molecule has 0 fully saturated rings.